The summed E-state index contributed by atoms with van der Waals surface area (Å²) in [4.78, 5) is 2.47. The van der Waals surface area contributed by atoms with Crippen molar-refractivity contribution in [2.75, 3.05) is 0 Å². The van der Waals surface area contributed by atoms with Gasteiger partial charge in [0.1, 0.15) is 10.6 Å². The lowest BCUT2D eigenvalue weighted by atomic mass is 9.87. The van der Waals surface area contributed by atoms with Gasteiger partial charge in [-0.15, -0.1) is 0 Å². The summed E-state index contributed by atoms with van der Waals surface area (Å²) in [6.45, 7) is 25.4. The number of phenolic OH excluding ortho intramolecular Hbond substituents is 1. The molecular formula is C41H54O4S2. The van der Waals surface area contributed by atoms with Crippen molar-refractivity contribution in [2.45, 2.75) is 131 Å². The van der Waals surface area contributed by atoms with E-state index in [0.717, 1.165) is 37.6 Å². The molecule has 4 rings (SSSR count). The van der Waals surface area contributed by atoms with E-state index in [1.54, 1.807) is 24.3 Å². The molecule has 6 heteroatoms. The van der Waals surface area contributed by atoms with Crippen LogP contribution in [0.2, 0.25) is 0 Å². The number of hydrogen-bond acceptors (Lipinski definition) is 4. The molecule has 47 heavy (non-hydrogen) atoms. The van der Waals surface area contributed by atoms with E-state index in [1.165, 1.54) is 0 Å². The summed E-state index contributed by atoms with van der Waals surface area (Å²) >= 11 is 0. The van der Waals surface area contributed by atoms with E-state index >= 15 is 8.42 Å². The van der Waals surface area contributed by atoms with Crippen LogP contribution in [0.4, 0.5) is 0 Å². The molecule has 0 aliphatic heterocycles. The lowest BCUT2D eigenvalue weighted by Gasteiger charge is -2.40. The summed E-state index contributed by atoms with van der Waals surface area (Å²) in [5, 5.41) is 10.3. The number of phenols is 1. The Balaban J connectivity index is 2.13. The molecule has 4 aromatic carbocycles. The zero-order valence-electron chi connectivity index (χ0n) is 30.3. The highest BCUT2D eigenvalue weighted by atomic mass is 32.3. The molecule has 0 heterocycles. The molecular weight excluding hydrogens is 621 g/mol. The first-order valence-electron chi connectivity index (χ1n) is 16.7. The smallest absolute Gasteiger partial charge is 0.307 e. The average molecular weight is 675 g/mol. The molecule has 1 N–H and O–H groups in total. The van der Waals surface area contributed by atoms with Crippen molar-refractivity contribution in [3.63, 3.8) is 0 Å². The highest BCUT2D eigenvalue weighted by molar-refractivity contribution is 8.33. The van der Waals surface area contributed by atoms with Crippen molar-refractivity contribution in [1.29, 1.82) is 0 Å². The van der Waals surface area contributed by atoms with E-state index in [2.05, 4.69) is 79.7 Å². The maximum Gasteiger partial charge on any atom is 0.307 e. The van der Waals surface area contributed by atoms with Crippen LogP contribution in [-0.2, 0) is 24.6 Å². The zero-order valence-corrected chi connectivity index (χ0v) is 31.9. The first-order chi connectivity index (χ1) is 21.7. The minimum atomic E-state index is -4.37. The molecule has 0 saturated heterocycles. The standard InChI is InChI=1S/C41H54O4S2/c1-27(2)30-25-37(28(3)4)39(38(26-30)29(5)6)47(43,44)45-46(36-23-17-33(42)18-24-36,34-19-13-31(14-20-34)40(7,8)9)35-21-15-32(16-22-35)41(10,11)12/h13-29,42H,1-12H3. The molecule has 0 atom stereocenters. The molecule has 0 bridgehead atoms. The van der Waals surface area contributed by atoms with Gasteiger partial charge in [0.15, 0.2) is 0 Å². The van der Waals surface area contributed by atoms with Gasteiger partial charge in [0, 0.05) is 14.7 Å². The van der Waals surface area contributed by atoms with E-state index in [4.69, 9.17) is 3.63 Å². The largest absolute Gasteiger partial charge is 0.508 e. The normalized spacial score (nSPS) is 13.5. The highest BCUT2D eigenvalue weighted by Gasteiger charge is 2.41. The lowest BCUT2D eigenvalue weighted by molar-refractivity contribution is 0.474. The van der Waals surface area contributed by atoms with Gasteiger partial charge < -0.3 is 5.11 Å². The van der Waals surface area contributed by atoms with Gasteiger partial charge in [0.25, 0.3) is 0 Å². The summed E-state index contributed by atoms with van der Waals surface area (Å²) in [5.74, 6) is 0.251. The average Bonchev–Trinajstić information content (AvgIpc) is 2.99. The Bertz CT molecular complexity index is 1700. The van der Waals surface area contributed by atoms with E-state index < -0.39 is 20.4 Å². The molecule has 0 aliphatic rings. The fourth-order valence-electron chi connectivity index (χ4n) is 5.80. The summed E-state index contributed by atoms with van der Waals surface area (Å²) in [7, 11) is -7.26. The summed E-state index contributed by atoms with van der Waals surface area (Å²) in [5.41, 5.74) is 4.75. The SMILES string of the molecule is CC(C)c1cc(C(C)C)c(S(=O)(=O)OS(c2ccc(O)cc2)(c2ccc(C(C)(C)C)cc2)c2ccc(C(C)(C)C)cc2)c(C(C)C)c1. The maximum absolute atomic E-state index is 15.2. The topological polar surface area (TPSA) is 63.6 Å². The molecule has 0 aromatic heterocycles. The summed E-state index contributed by atoms with van der Waals surface area (Å²) < 4.78 is 37.3. The van der Waals surface area contributed by atoms with Gasteiger partial charge in [-0.3, -0.25) is 0 Å². The second-order valence-corrected chi connectivity index (χ2v) is 20.0. The van der Waals surface area contributed by atoms with Crippen LogP contribution in [0.3, 0.4) is 0 Å². The lowest BCUT2D eigenvalue weighted by Crippen LogP contribution is -2.19. The Labute approximate surface area is 286 Å². The summed E-state index contributed by atoms with van der Waals surface area (Å²) in [6, 6.07) is 27.3. The van der Waals surface area contributed by atoms with Crippen LogP contribution < -0.4 is 0 Å². The third-order valence-electron chi connectivity index (χ3n) is 8.79. The Morgan fingerprint density at radius 2 is 0.894 bits per heavy atom. The number of aromatic hydroxyl groups is 1. The zero-order chi connectivity index (χ0) is 35.1. The molecule has 0 fully saturated rings. The Hall–Kier alpha value is -3.06. The van der Waals surface area contributed by atoms with Crippen LogP contribution in [0.15, 0.2) is 105 Å². The van der Waals surface area contributed by atoms with Gasteiger partial charge in [0.2, 0.25) is 0 Å². The van der Waals surface area contributed by atoms with Crippen LogP contribution in [0.5, 0.6) is 5.75 Å². The van der Waals surface area contributed by atoms with Crippen LogP contribution >= 0.6 is 10.3 Å². The maximum atomic E-state index is 15.2. The van der Waals surface area contributed by atoms with E-state index in [1.807, 2.05) is 64.1 Å². The Morgan fingerprint density at radius 3 is 1.19 bits per heavy atom. The van der Waals surface area contributed by atoms with Crippen LogP contribution in [0.1, 0.15) is 129 Å². The quantitative estimate of drug-likeness (QED) is 0.192. The summed E-state index contributed by atoms with van der Waals surface area (Å²) in [6.07, 6.45) is 0. The molecule has 254 valence electrons. The number of rotatable bonds is 9. The molecule has 0 saturated carbocycles. The minimum absolute atomic E-state index is 0.0465. The predicted molar refractivity (Wildman–Crippen MR) is 198 cm³/mol. The molecule has 0 spiro atoms. The molecule has 4 nitrogen and oxygen atoms in total. The van der Waals surface area contributed by atoms with Crippen molar-refractivity contribution in [2.24, 2.45) is 0 Å². The van der Waals surface area contributed by atoms with Crippen molar-refractivity contribution in [1.82, 2.24) is 0 Å². The minimum Gasteiger partial charge on any atom is -0.508 e. The fourth-order valence-corrected chi connectivity index (χ4v) is 11.6. The van der Waals surface area contributed by atoms with E-state index in [9.17, 15) is 5.11 Å². The van der Waals surface area contributed by atoms with Crippen LogP contribution in [-0.4, -0.2) is 13.5 Å². The van der Waals surface area contributed by atoms with Gasteiger partial charge in [-0.2, -0.15) is 8.42 Å². The van der Waals surface area contributed by atoms with Gasteiger partial charge in [-0.1, -0.05) is 119 Å². The molecule has 0 radical (unpaired) electrons. The van der Waals surface area contributed by atoms with Crippen molar-refractivity contribution >= 4 is 20.4 Å². The second-order valence-electron chi connectivity index (χ2n) is 15.6. The third-order valence-corrected chi connectivity index (χ3v) is 14.1. The van der Waals surface area contributed by atoms with Crippen molar-refractivity contribution in [3.05, 3.63) is 113 Å². The second kappa shape index (κ2) is 13.4. The monoisotopic (exact) mass is 674 g/mol. The van der Waals surface area contributed by atoms with Gasteiger partial charge >= 0.3 is 10.1 Å². The molecule has 0 unspecified atom stereocenters. The molecule has 0 aliphatic carbocycles. The van der Waals surface area contributed by atoms with E-state index in [-0.39, 0.29) is 39.2 Å². The highest BCUT2D eigenvalue weighted by Crippen LogP contribution is 2.71. The number of benzene rings is 4. The van der Waals surface area contributed by atoms with Gasteiger partial charge in [-0.25, -0.2) is 3.63 Å². The van der Waals surface area contributed by atoms with Gasteiger partial charge in [-0.05, 0) is 115 Å². The first-order valence-corrected chi connectivity index (χ1v) is 19.6. The van der Waals surface area contributed by atoms with Crippen LogP contribution in [0.25, 0.3) is 0 Å². The Morgan fingerprint density at radius 1 is 0.553 bits per heavy atom. The Kier molecular flexibility index (Phi) is 10.5. The fraction of sp³-hybridized carbons (Fsp3) is 0.415. The number of hydrogen-bond donors (Lipinski definition) is 1. The van der Waals surface area contributed by atoms with E-state index in [0.29, 0.717) is 4.90 Å². The third kappa shape index (κ3) is 7.66. The molecule has 0 amide bonds. The van der Waals surface area contributed by atoms with Crippen molar-refractivity contribution < 1.29 is 17.2 Å². The van der Waals surface area contributed by atoms with Crippen LogP contribution in [0, 0.1) is 0 Å². The van der Waals surface area contributed by atoms with Crippen molar-refractivity contribution in [3.8, 4) is 5.75 Å². The molecule has 4 aromatic rings. The van der Waals surface area contributed by atoms with Gasteiger partial charge in [0.05, 0.1) is 0 Å². The first kappa shape index (κ1) is 36.8. The predicted octanol–water partition coefficient (Wildman–Crippen LogP) is 12.0.